The second-order valence-corrected chi connectivity index (χ2v) is 3.45. The van der Waals surface area contributed by atoms with Crippen molar-refractivity contribution in [3.05, 3.63) is 0 Å². The SMILES string of the molecule is CN(CCC#N)C(=O)CCOCCC(F)(F)F. The number of rotatable bonds is 7. The maximum atomic E-state index is 11.7. The van der Waals surface area contributed by atoms with Crippen LogP contribution < -0.4 is 0 Å². The van der Waals surface area contributed by atoms with Crippen LogP contribution in [-0.4, -0.2) is 43.8 Å². The predicted octanol–water partition coefficient (Wildman–Crippen LogP) is 1.72. The molecular formula is C10H15F3N2O2. The summed E-state index contributed by atoms with van der Waals surface area (Å²) in [4.78, 5) is 12.7. The van der Waals surface area contributed by atoms with E-state index in [1.165, 1.54) is 11.9 Å². The third kappa shape index (κ3) is 9.63. The zero-order valence-electron chi connectivity index (χ0n) is 9.59. The molecule has 0 aliphatic carbocycles. The number of nitrogens with zero attached hydrogens (tertiary/aromatic N) is 2. The summed E-state index contributed by atoms with van der Waals surface area (Å²) in [6, 6.07) is 1.90. The van der Waals surface area contributed by atoms with E-state index in [4.69, 9.17) is 10.00 Å². The Bertz CT molecular complexity index is 274. The number of hydrogen-bond donors (Lipinski definition) is 0. The molecule has 0 rings (SSSR count). The van der Waals surface area contributed by atoms with Gasteiger partial charge in [0.15, 0.2) is 0 Å². The van der Waals surface area contributed by atoms with Crippen molar-refractivity contribution in [3.8, 4) is 6.07 Å². The van der Waals surface area contributed by atoms with Crippen LogP contribution in [0.3, 0.4) is 0 Å². The molecule has 4 nitrogen and oxygen atoms in total. The molecule has 0 saturated carbocycles. The molecule has 0 N–H and O–H groups in total. The molecule has 0 aromatic carbocycles. The van der Waals surface area contributed by atoms with Gasteiger partial charge in [-0.1, -0.05) is 0 Å². The van der Waals surface area contributed by atoms with E-state index in [9.17, 15) is 18.0 Å². The normalized spacial score (nSPS) is 11.0. The van der Waals surface area contributed by atoms with Crippen molar-refractivity contribution in [2.75, 3.05) is 26.8 Å². The molecule has 1 amide bonds. The van der Waals surface area contributed by atoms with Crippen LogP contribution in [0.25, 0.3) is 0 Å². The van der Waals surface area contributed by atoms with E-state index in [2.05, 4.69) is 0 Å². The van der Waals surface area contributed by atoms with Gasteiger partial charge in [-0.15, -0.1) is 0 Å². The number of carbonyl (C=O) groups excluding carboxylic acids is 1. The summed E-state index contributed by atoms with van der Waals surface area (Å²) in [6.07, 6.45) is -4.98. The van der Waals surface area contributed by atoms with Crippen LogP contribution in [0.4, 0.5) is 13.2 Å². The Hall–Kier alpha value is -1.29. The zero-order chi connectivity index (χ0) is 13.3. The van der Waals surface area contributed by atoms with Gasteiger partial charge in [-0.2, -0.15) is 18.4 Å². The monoisotopic (exact) mass is 252 g/mol. The Labute approximate surface area is 97.9 Å². The molecule has 0 saturated heterocycles. The standard InChI is InChI=1S/C10H15F3N2O2/c1-15(6-2-5-14)9(16)3-7-17-8-4-10(11,12)13/h2-4,6-8H2,1H3. The average molecular weight is 252 g/mol. The van der Waals surface area contributed by atoms with Gasteiger partial charge in [0.05, 0.1) is 38.5 Å². The Kier molecular flexibility index (Phi) is 7.30. The average Bonchev–Trinajstić information content (AvgIpc) is 2.23. The molecule has 0 spiro atoms. The summed E-state index contributed by atoms with van der Waals surface area (Å²) in [5, 5.41) is 8.30. The van der Waals surface area contributed by atoms with E-state index in [0.29, 0.717) is 6.54 Å². The van der Waals surface area contributed by atoms with Crippen LogP contribution in [0, 0.1) is 11.3 Å². The van der Waals surface area contributed by atoms with Gasteiger partial charge >= 0.3 is 6.18 Å². The summed E-state index contributed by atoms with van der Waals surface area (Å²) >= 11 is 0. The van der Waals surface area contributed by atoms with E-state index in [1.807, 2.05) is 6.07 Å². The lowest BCUT2D eigenvalue weighted by Gasteiger charge is -2.15. The van der Waals surface area contributed by atoms with E-state index in [0.717, 1.165) is 0 Å². The Morgan fingerprint density at radius 2 is 2.06 bits per heavy atom. The fraction of sp³-hybridized carbons (Fsp3) is 0.800. The smallest absolute Gasteiger partial charge is 0.381 e. The van der Waals surface area contributed by atoms with Gasteiger partial charge < -0.3 is 9.64 Å². The third-order valence-electron chi connectivity index (χ3n) is 1.97. The lowest BCUT2D eigenvalue weighted by atomic mass is 10.3. The maximum absolute atomic E-state index is 11.7. The van der Waals surface area contributed by atoms with Crippen molar-refractivity contribution in [1.29, 1.82) is 5.26 Å². The molecule has 98 valence electrons. The molecular weight excluding hydrogens is 237 g/mol. The molecule has 0 atom stereocenters. The third-order valence-corrected chi connectivity index (χ3v) is 1.97. The first-order valence-electron chi connectivity index (χ1n) is 5.12. The topological polar surface area (TPSA) is 53.3 Å². The Balaban J connectivity index is 3.55. The van der Waals surface area contributed by atoms with E-state index >= 15 is 0 Å². The number of halogens is 3. The van der Waals surface area contributed by atoms with Crippen LogP contribution in [-0.2, 0) is 9.53 Å². The largest absolute Gasteiger partial charge is 0.391 e. The lowest BCUT2D eigenvalue weighted by Crippen LogP contribution is -2.28. The lowest BCUT2D eigenvalue weighted by molar-refractivity contribution is -0.146. The first-order chi connectivity index (χ1) is 7.87. The minimum atomic E-state index is -4.23. The molecule has 0 aliphatic rings. The van der Waals surface area contributed by atoms with Crippen molar-refractivity contribution < 1.29 is 22.7 Å². The first-order valence-corrected chi connectivity index (χ1v) is 5.12. The minimum absolute atomic E-state index is 0.0276. The summed E-state index contributed by atoms with van der Waals surface area (Å²) in [7, 11) is 1.54. The van der Waals surface area contributed by atoms with Gasteiger partial charge in [0.1, 0.15) is 0 Å². The van der Waals surface area contributed by atoms with Crippen molar-refractivity contribution in [1.82, 2.24) is 4.90 Å². The molecule has 0 aliphatic heterocycles. The number of amides is 1. The highest BCUT2D eigenvalue weighted by molar-refractivity contribution is 5.75. The fourth-order valence-corrected chi connectivity index (χ4v) is 0.983. The van der Waals surface area contributed by atoms with E-state index < -0.39 is 19.2 Å². The van der Waals surface area contributed by atoms with Crippen LogP contribution >= 0.6 is 0 Å². The summed E-state index contributed by atoms with van der Waals surface area (Å²) in [5.41, 5.74) is 0. The van der Waals surface area contributed by atoms with Crippen molar-refractivity contribution in [2.45, 2.75) is 25.4 Å². The summed E-state index contributed by atoms with van der Waals surface area (Å²) < 4.78 is 39.9. The summed E-state index contributed by atoms with van der Waals surface area (Å²) in [6.45, 7) is -0.150. The molecule has 0 unspecified atom stereocenters. The van der Waals surface area contributed by atoms with Gasteiger partial charge in [-0.05, 0) is 0 Å². The highest BCUT2D eigenvalue weighted by Crippen LogP contribution is 2.18. The van der Waals surface area contributed by atoms with Crippen molar-refractivity contribution >= 4 is 5.91 Å². The van der Waals surface area contributed by atoms with Crippen LogP contribution in [0.15, 0.2) is 0 Å². The number of hydrogen-bond acceptors (Lipinski definition) is 3. The molecule has 0 fully saturated rings. The first kappa shape index (κ1) is 15.7. The maximum Gasteiger partial charge on any atom is 0.391 e. The highest BCUT2D eigenvalue weighted by atomic mass is 19.4. The Morgan fingerprint density at radius 3 is 2.59 bits per heavy atom. The van der Waals surface area contributed by atoms with Gasteiger partial charge in [0.25, 0.3) is 0 Å². The van der Waals surface area contributed by atoms with E-state index in [-0.39, 0.29) is 25.4 Å². The molecule has 0 radical (unpaired) electrons. The summed E-state index contributed by atoms with van der Waals surface area (Å²) in [5.74, 6) is -0.243. The molecule has 0 heterocycles. The number of ether oxygens (including phenoxy) is 1. The van der Waals surface area contributed by atoms with Gasteiger partial charge in [-0.3, -0.25) is 4.79 Å². The van der Waals surface area contributed by atoms with Crippen molar-refractivity contribution in [2.24, 2.45) is 0 Å². The molecule has 0 aromatic heterocycles. The van der Waals surface area contributed by atoms with Crippen molar-refractivity contribution in [3.63, 3.8) is 0 Å². The molecule has 17 heavy (non-hydrogen) atoms. The fourth-order valence-electron chi connectivity index (χ4n) is 0.983. The zero-order valence-corrected chi connectivity index (χ0v) is 9.59. The highest BCUT2D eigenvalue weighted by Gasteiger charge is 2.26. The molecule has 7 heteroatoms. The van der Waals surface area contributed by atoms with Crippen LogP contribution in [0.2, 0.25) is 0 Å². The molecule has 0 aromatic rings. The van der Waals surface area contributed by atoms with Crippen LogP contribution in [0.1, 0.15) is 19.3 Å². The second kappa shape index (κ2) is 7.90. The molecule has 0 bridgehead atoms. The van der Waals surface area contributed by atoms with Crippen LogP contribution in [0.5, 0.6) is 0 Å². The van der Waals surface area contributed by atoms with Gasteiger partial charge in [-0.25, -0.2) is 0 Å². The number of nitriles is 1. The number of alkyl halides is 3. The number of carbonyl (C=O) groups is 1. The van der Waals surface area contributed by atoms with Gasteiger partial charge in [0, 0.05) is 13.6 Å². The predicted molar refractivity (Wildman–Crippen MR) is 54.0 cm³/mol. The minimum Gasteiger partial charge on any atom is -0.381 e. The van der Waals surface area contributed by atoms with Gasteiger partial charge in [0.2, 0.25) is 5.91 Å². The van der Waals surface area contributed by atoms with E-state index in [1.54, 1.807) is 0 Å². The Morgan fingerprint density at radius 1 is 1.41 bits per heavy atom. The second-order valence-electron chi connectivity index (χ2n) is 3.45. The quantitative estimate of drug-likeness (QED) is 0.648.